The summed E-state index contributed by atoms with van der Waals surface area (Å²) in [6, 6.07) is 9.23. The van der Waals surface area contributed by atoms with Crippen molar-refractivity contribution in [1.82, 2.24) is 0 Å². The van der Waals surface area contributed by atoms with Crippen molar-refractivity contribution in [1.29, 1.82) is 0 Å². The summed E-state index contributed by atoms with van der Waals surface area (Å²) in [6.07, 6.45) is 1.51. The predicted octanol–water partition coefficient (Wildman–Crippen LogP) is 2.48. The van der Waals surface area contributed by atoms with Crippen molar-refractivity contribution in [3.05, 3.63) is 35.9 Å². The highest BCUT2D eigenvalue weighted by molar-refractivity contribution is 5.93. The molecule has 2 nitrogen and oxygen atoms in total. The Labute approximate surface area is 78.6 Å². The summed E-state index contributed by atoms with van der Waals surface area (Å²) in [7, 11) is 0. The fourth-order valence-corrected chi connectivity index (χ4v) is 0.673. The second-order valence-electron chi connectivity index (χ2n) is 2.50. The lowest BCUT2D eigenvalue weighted by Gasteiger charge is -1.89. The molecule has 2 heteroatoms. The molecule has 0 unspecified atom stereocenters. The van der Waals surface area contributed by atoms with Gasteiger partial charge in [0.1, 0.15) is 6.29 Å². The van der Waals surface area contributed by atoms with E-state index in [1.165, 1.54) is 0 Å². The van der Waals surface area contributed by atoms with Crippen molar-refractivity contribution in [3.8, 4) is 0 Å². The minimum absolute atomic E-state index is 0.121. The third-order valence-corrected chi connectivity index (χ3v) is 1.35. The van der Waals surface area contributed by atoms with E-state index in [1.54, 1.807) is 6.92 Å². The Kier molecular flexibility index (Phi) is 6.42. The van der Waals surface area contributed by atoms with Crippen LogP contribution in [0.15, 0.2) is 30.3 Å². The van der Waals surface area contributed by atoms with Crippen LogP contribution in [0.4, 0.5) is 0 Å². The minimum Gasteiger partial charge on any atom is -0.303 e. The number of carbonyl (C=O) groups is 2. The average molecular weight is 178 g/mol. The Bertz CT molecular complexity index is 252. The molecule has 0 radical (unpaired) electrons. The molecular weight excluding hydrogens is 164 g/mol. The molecule has 0 saturated heterocycles. The van der Waals surface area contributed by atoms with Gasteiger partial charge < -0.3 is 4.79 Å². The number of hydrogen-bond acceptors (Lipinski definition) is 2. The maximum atomic E-state index is 10.6. The zero-order chi connectivity index (χ0) is 10.1. The number of hydrogen-bond donors (Lipinski definition) is 0. The maximum Gasteiger partial charge on any atom is 0.159 e. The van der Waals surface area contributed by atoms with Gasteiger partial charge in [-0.1, -0.05) is 37.3 Å². The quantitative estimate of drug-likeness (QED) is 0.515. The molecule has 1 aromatic carbocycles. The smallest absolute Gasteiger partial charge is 0.159 e. The minimum atomic E-state index is 0.121. The van der Waals surface area contributed by atoms with E-state index in [0.717, 1.165) is 11.8 Å². The van der Waals surface area contributed by atoms with Crippen LogP contribution >= 0.6 is 0 Å². The molecule has 0 atom stereocenters. The van der Waals surface area contributed by atoms with Crippen LogP contribution in [0.3, 0.4) is 0 Å². The van der Waals surface area contributed by atoms with Gasteiger partial charge in [-0.15, -0.1) is 0 Å². The molecule has 0 aliphatic carbocycles. The first-order valence-electron chi connectivity index (χ1n) is 4.22. The molecule has 0 heterocycles. The van der Waals surface area contributed by atoms with E-state index in [-0.39, 0.29) is 5.78 Å². The van der Waals surface area contributed by atoms with Gasteiger partial charge in [-0.2, -0.15) is 0 Å². The summed E-state index contributed by atoms with van der Waals surface area (Å²) in [6.45, 7) is 3.38. The van der Waals surface area contributed by atoms with Crippen molar-refractivity contribution < 1.29 is 9.59 Å². The lowest BCUT2D eigenvalue weighted by atomic mass is 10.2. The van der Waals surface area contributed by atoms with E-state index in [9.17, 15) is 9.59 Å². The van der Waals surface area contributed by atoms with Gasteiger partial charge in [-0.3, -0.25) is 4.79 Å². The molecule has 1 aromatic rings. The Balaban J connectivity index is 0.000000310. The van der Waals surface area contributed by atoms with Gasteiger partial charge in [0.2, 0.25) is 0 Å². The molecular formula is C11H14O2. The topological polar surface area (TPSA) is 34.1 Å². The molecule has 0 aliphatic rings. The number of rotatable bonds is 2. The van der Waals surface area contributed by atoms with E-state index < -0.39 is 0 Å². The largest absolute Gasteiger partial charge is 0.303 e. The zero-order valence-corrected chi connectivity index (χ0v) is 7.99. The average Bonchev–Trinajstić information content (AvgIpc) is 2.19. The van der Waals surface area contributed by atoms with Gasteiger partial charge in [0.15, 0.2) is 5.78 Å². The Morgan fingerprint density at radius 1 is 1.31 bits per heavy atom. The van der Waals surface area contributed by atoms with E-state index >= 15 is 0 Å². The summed E-state index contributed by atoms with van der Waals surface area (Å²) in [5.41, 5.74) is 0.775. The van der Waals surface area contributed by atoms with Crippen molar-refractivity contribution in [2.75, 3.05) is 0 Å². The standard InChI is InChI=1S/C8H8O.C3H6O/c1-7(9)8-5-3-2-4-6-8;1-2-3-4/h2-6H,1H3;3H,2H2,1H3. The Morgan fingerprint density at radius 2 is 1.77 bits per heavy atom. The van der Waals surface area contributed by atoms with Gasteiger partial charge in [-0.25, -0.2) is 0 Å². The highest BCUT2D eigenvalue weighted by Crippen LogP contribution is 1.97. The molecule has 0 aromatic heterocycles. The van der Waals surface area contributed by atoms with Crippen LogP contribution in [-0.4, -0.2) is 12.1 Å². The van der Waals surface area contributed by atoms with Gasteiger partial charge in [-0.05, 0) is 6.92 Å². The molecule has 0 aliphatic heterocycles. The van der Waals surface area contributed by atoms with Crippen LogP contribution < -0.4 is 0 Å². The van der Waals surface area contributed by atoms with Gasteiger partial charge in [0, 0.05) is 12.0 Å². The van der Waals surface area contributed by atoms with Gasteiger partial charge in [0.05, 0.1) is 0 Å². The summed E-state index contributed by atoms with van der Waals surface area (Å²) in [5, 5.41) is 0. The number of ketones is 1. The number of benzene rings is 1. The molecule has 70 valence electrons. The summed E-state index contributed by atoms with van der Waals surface area (Å²) >= 11 is 0. The SMILES string of the molecule is CC(=O)c1ccccc1.CCC=O. The zero-order valence-electron chi connectivity index (χ0n) is 7.99. The van der Waals surface area contributed by atoms with Crippen LogP contribution in [0.2, 0.25) is 0 Å². The lowest BCUT2D eigenvalue weighted by Crippen LogP contribution is -1.88. The second-order valence-corrected chi connectivity index (χ2v) is 2.50. The van der Waals surface area contributed by atoms with Crippen molar-refractivity contribution in [3.63, 3.8) is 0 Å². The Hall–Kier alpha value is -1.44. The summed E-state index contributed by atoms with van der Waals surface area (Å²) in [5.74, 6) is 0.121. The summed E-state index contributed by atoms with van der Waals surface area (Å²) in [4.78, 5) is 19.8. The highest BCUT2D eigenvalue weighted by Gasteiger charge is 1.92. The van der Waals surface area contributed by atoms with Crippen LogP contribution in [0.1, 0.15) is 30.6 Å². The van der Waals surface area contributed by atoms with Gasteiger partial charge >= 0.3 is 0 Å². The summed E-state index contributed by atoms with van der Waals surface area (Å²) < 4.78 is 0. The molecule has 0 saturated carbocycles. The monoisotopic (exact) mass is 178 g/mol. The molecule has 13 heavy (non-hydrogen) atoms. The predicted molar refractivity (Wildman–Crippen MR) is 52.8 cm³/mol. The first-order valence-corrected chi connectivity index (χ1v) is 4.22. The van der Waals surface area contributed by atoms with Crippen LogP contribution in [0, 0.1) is 0 Å². The third kappa shape index (κ3) is 5.79. The molecule has 0 N–H and O–H groups in total. The first-order chi connectivity index (χ1) is 6.22. The van der Waals surface area contributed by atoms with E-state index in [0.29, 0.717) is 6.42 Å². The van der Waals surface area contributed by atoms with Gasteiger partial charge in [0.25, 0.3) is 0 Å². The van der Waals surface area contributed by atoms with Crippen molar-refractivity contribution in [2.45, 2.75) is 20.3 Å². The van der Waals surface area contributed by atoms with Crippen molar-refractivity contribution >= 4 is 12.1 Å². The first kappa shape index (κ1) is 11.6. The normalized spacial score (nSPS) is 8.15. The number of carbonyl (C=O) groups excluding carboxylic acids is 2. The fourth-order valence-electron chi connectivity index (χ4n) is 0.673. The molecule has 0 bridgehead atoms. The van der Waals surface area contributed by atoms with E-state index in [4.69, 9.17) is 0 Å². The highest BCUT2D eigenvalue weighted by atomic mass is 16.1. The third-order valence-electron chi connectivity index (χ3n) is 1.35. The Morgan fingerprint density at radius 3 is 2.00 bits per heavy atom. The number of aldehydes is 1. The van der Waals surface area contributed by atoms with Crippen LogP contribution in [0.5, 0.6) is 0 Å². The molecule has 0 fully saturated rings. The van der Waals surface area contributed by atoms with E-state index in [2.05, 4.69) is 0 Å². The molecule has 1 rings (SSSR count). The molecule has 0 spiro atoms. The number of Topliss-reactive ketones (excluding diaryl/α,β-unsaturated/α-hetero) is 1. The lowest BCUT2D eigenvalue weighted by molar-refractivity contribution is -0.107. The second kappa shape index (κ2) is 7.22. The molecule has 0 amide bonds. The van der Waals surface area contributed by atoms with Crippen LogP contribution in [0.25, 0.3) is 0 Å². The fraction of sp³-hybridized carbons (Fsp3) is 0.273. The maximum absolute atomic E-state index is 10.6. The van der Waals surface area contributed by atoms with Crippen LogP contribution in [-0.2, 0) is 4.79 Å². The van der Waals surface area contributed by atoms with Crippen molar-refractivity contribution in [2.24, 2.45) is 0 Å². The van der Waals surface area contributed by atoms with E-state index in [1.807, 2.05) is 37.3 Å².